The number of aromatic nitrogens is 3. The van der Waals surface area contributed by atoms with Gasteiger partial charge in [-0.05, 0) is 76.1 Å². The van der Waals surface area contributed by atoms with Gasteiger partial charge in [-0.25, -0.2) is 5.43 Å². The van der Waals surface area contributed by atoms with Crippen LogP contribution in [0.4, 0.5) is 17.8 Å². The first-order valence-corrected chi connectivity index (χ1v) is 12.2. The van der Waals surface area contributed by atoms with Crippen molar-refractivity contribution in [3.8, 4) is 11.5 Å². The third-order valence-electron chi connectivity index (χ3n) is 5.84. The summed E-state index contributed by atoms with van der Waals surface area (Å²) in [5.41, 5.74) is 3.92. The van der Waals surface area contributed by atoms with Gasteiger partial charge in [-0.15, -0.1) is 0 Å². The predicted molar refractivity (Wildman–Crippen MR) is 132 cm³/mol. The molecule has 0 aliphatic carbocycles. The van der Waals surface area contributed by atoms with Gasteiger partial charge in [-0.2, -0.15) is 20.1 Å². The average molecular weight is 454 g/mol. The Morgan fingerprint density at radius 2 is 1.39 bits per heavy atom. The highest BCUT2D eigenvalue weighted by Gasteiger charge is 2.20. The van der Waals surface area contributed by atoms with E-state index in [9.17, 15) is 0 Å². The topological polar surface area (TPSA) is 88.0 Å². The number of hydrogen-bond donors (Lipinski definition) is 1. The molecule has 1 N–H and O–H groups in total. The highest BCUT2D eigenvalue weighted by atomic mass is 16.5. The van der Waals surface area contributed by atoms with E-state index in [1.54, 1.807) is 6.21 Å². The maximum absolute atomic E-state index is 5.71. The van der Waals surface area contributed by atoms with Crippen LogP contribution in [0.3, 0.4) is 0 Å². The van der Waals surface area contributed by atoms with Crippen LogP contribution in [0.2, 0.25) is 0 Å². The largest absolute Gasteiger partial charge is 0.490 e. The molecule has 0 saturated carbocycles. The van der Waals surface area contributed by atoms with Crippen LogP contribution >= 0.6 is 0 Å². The summed E-state index contributed by atoms with van der Waals surface area (Å²) in [6.07, 6.45) is 8.96. The van der Waals surface area contributed by atoms with E-state index in [0.717, 1.165) is 49.4 Å². The molecule has 33 heavy (non-hydrogen) atoms. The lowest BCUT2D eigenvalue weighted by Crippen LogP contribution is -2.34. The predicted octanol–water partition coefficient (Wildman–Crippen LogP) is 4.10. The van der Waals surface area contributed by atoms with Crippen molar-refractivity contribution < 1.29 is 9.47 Å². The molecule has 2 aliphatic heterocycles. The van der Waals surface area contributed by atoms with Crippen LogP contribution in [0, 0.1) is 0 Å². The zero-order valence-corrected chi connectivity index (χ0v) is 19.8. The van der Waals surface area contributed by atoms with Crippen molar-refractivity contribution in [3.05, 3.63) is 23.8 Å². The molecule has 2 aromatic rings. The molecule has 0 amide bonds. The minimum atomic E-state index is 0.471. The van der Waals surface area contributed by atoms with Crippen LogP contribution in [0.5, 0.6) is 11.5 Å². The number of ether oxygens (including phenoxy) is 2. The number of nitrogens with zero attached hydrogens (tertiary/aromatic N) is 6. The fourth-order valence-corrected chi connectivity index (χ4v) is 4.19. The summed E-state index contributed by atoms with van der Waals surface area (Å²) >= 11 is 0. The third kappa shape index (κ3) is 6.24. The lowest BCUT2D eigenvalue weighted by Gasteiger charge is -2.30. The molecule has 9 heteroatoms. The normalized spacial score (nSPS) is 16.8. The summed E-state index contributed by atoms with van der Waals surface area (Å²) in [5, 5.41) is 4.40. The lowest BCUT2D eigenvalue weighted by atomic mass is 10.1. The van der Waals surface area contributed by atoms with E-state index in [1.807, 2.05) is 32.0 Å². The number of hydrogen-bond acceptors (Lipinski definition) is 9. The van der Waals surface area contributed by atoms with E-state index >= 15 is 0 Å². The molecule has 4 rings (SSSR count). The number of anilines is 3. The van der Waals surface area contributed by atoms with Crippen molar-refractivity contribution in [3.63, 3.8) is 0 Å². The molecule has 0 spiro atoms. The van der Waals surface area contributed by atoms with Crippen molar-refractivity contribution in [1.82, 2.24) is 15.0 Å². The minimum absolute atomic E-state index is 0.471. The molecule has 0 atom stereocenters. The van der Waals surface area contributed by atoms with E-state index in [0.29, 0.717) is 24.9 Å². The standard InChI is InChI=1S/C24H35N7O2/c1-3-32-20-12-11-19(17-21(20)33-4-2)18-25-29-22-26-23(30-13-7-5-8-14-30)28-24(27-22)31-15-9-6-10-16-31/h11-12,17-18H,3-10,13-16H2,1-2H3,(H,26,27,28,29)/b25-18+. The molecule has 2 fully saturated rings. The van der Waals surface area contributed by atoms with Gasteiger partial charge < -0.3 is 19.3 Å². The van der Waals surface area contributed by atoms with Crippen molar-refractivity contribution in [2.24, 2.45) is 5.10 Å². The minimum Gasteiger partial charge on any atom is -0.490 e. The van der Waals surface area contributed by atoms with Crippen molar-refractivity contribution >= 4 is 24.1 Å². The molecule has 0 bridgehead atoms. The van der Waals surface area contributed by atoms with Gasteiger partial charge in [0.05, 0.1) is 19.4 Å². The van der Waals surface area contributed by atoms with Crippen LogP contribution in [-0.4, -0.2) is 60.6 Å². The van der Waals surface area contributed by atoms with Gasteiger partial charge in [0.1, 0.15) is 0 Å². The fraction of sp³-hybridized carbons (Fsp3) is 0.583. The van der Waals surface area contributed by atoms with E-state index in [2.05, 4.69) is 30.3 Å². The number of benzene rings is 1. The van der Waals surface area contributed by atoms with Gasteiger partial charge in [0, 0.05) is 26.2 Å². The smallest absolute Gasteiger partial charge is 0.250 e. The first-order valence-electron chi connectivity index (χ1n) is 12.2. The van der Waals surface area contributed by atoms with Crippen LogP contribution in [0.1, 0.15) is 57.9 Å². The second-order valence-electron chi connectivity index (χ2n) is 8.30. The maximum atomic E-state index is 5.71. The van der Waals surface area contributed by atoms with Gasteiger partial charge >= 0.3 is 0 Å². The molecule has 178 valence electrons. The summed E-state index contributed by atoms with van der Waals surface area (Å²) in [7, 11) is 0. The van der Waals surface area contributed by atoms with Crippen molar-refractivity contribution in [2.75, 3.05) is 54.6 Å². The summed E-state index contributed by atoms with van der Waals surface area (Å²) in [6, 6.07) is 5.78. The molecule has 1 aromatic carbocycles. The summed E-state index contributed by atoms with van der Waals surface area (Å²) in [6.45, 7) is 9.02. The zero-order valence-electron chi connectivity index (χ0n) is 19.8. The second-order valence-corrected chi connectivity index (χ2v) is 8.30. The number of hydrazone groups is 1. The van der Waals surface area contributed by atoms with Gasteiger partial charge in [-0.3, -0.25) is 0 Å². The molecule has 2 aliphatic rings. The SMILES string of the molecule is CCOc1ccc(/C=N/Nc2nc(N3CCCCC3)nc(N3CCCCC3)n2)cc1OCC. The number of piperidine rings is 2. The van der Waals surface area contributed by atoms with Crippen molar-refractivity contribution in [1.29, 1.82) is 0 Å². The molecule has 3 heterocycles. The van der Waals surface area contributed by atoms with Crippen molar-refractivity contribution in [2.45, 2.75) is 52.4 Å². The molecule has 0 radical (unpaired) electrons. The van der Waals surface area contributed by atoms with Crippen LogP contribution in [0.15, 0.2) is 23.3 Å². The molecular weight excluding hydrogens is 418 g/mol. The highest BCUT2D eigenvalue weighted by Crippen LogP contribution is 2.28. The Labute approximate surface area is 196 Å². The van der Waals surface area contributed by atoms with E-state index in [-0.39, 0.29) is 0 Å². The quantitative estimate of drug-likeness (QED) is 0.449. The molecule has 1 aromatic heterocycles. The monoisotopic (exact) mass is 453 g/mol. The Hall–Kier alpha value is -3.10. The van der Waals surface area contributed by atoms with E-state index < -0.39 is 0 Å². The second kappa shape index (κ2) is 11.7. The molecule has 2 saturated heterocycles. The lowest BCUT2D eigenvalue weighted by molar-refractivity contribution is 0.288. The molecule has 0 unspecified atom stereocenters. The Kier molecular flexibility index (Phi) is 8.16. The van der Waals surface area contributed by atoms with Crippen LogP contribution < -0.4 is 24.7 Å². The first kappa shape index (κ1) is 23.1. The summed E-state index contributed by atoms with van der Waals surface area (Å²) in [5.74, 6) is 3.39. The van der Waals surface area contributed by atoms with Gasteiger partial charge in [0.25, 0.3) is 0 Å². The fourth-order valence-electron chi connectivity index (χ4n) is 4.19. The Balaban J connectivity index is 1.52. The summed E-state index contributed by atoms with van der Waals surface area (Å²) in [4.78, 5) is 18.7. The number of rotatable bonds is 9. The van der Waals surface area contributed by atoms with Crippen LogP contribution in [-0.2, 0) is 0 Å². The Morgan fingerprint density at radius 1 is 0.818 bits per heavy atom. The zero-order chi connectivity index (χ0) is 22.9. The Morgan fingerprint density at radius 3 is 1.97 bits per heavy atom. The average Bonchev–Trinajstić information content (AvgIpc) is 2.87. The third-order valence-corrected chi connectivity index (χ3v) is 5.84. The molecular formula is C24H35N7O2. The van der Waals surface area contributed by atoms with E-state index in [1.165, 1.54) is 38.5 Å². The summed E-state index contributed by atoms with van der Waals surface area (Å²) < 4.78 is 11.3. The first-order chi connectivity index (χ1) is 16.3. The number of nitrogens with one attached hydrogen (secondary N) is 1. The Bertz CT molecular complexity index is 889. The van der Waals surface area contributed by atoms with Gasteiger partial charge in [0.15, 0.2) is 11.5 Å². The molecule has 9 nitrogen and oxygen atoms in total. The highest BCUT2D eigenvalue weighted by molar-refractivity contribution is 5.81. The van der Waals surface area contributed by atoms with E-state index in [4.69, 9.17) is 14.5 Å². The maximum Gasteiger partial charge on any atom is 0.250 e. The van der Waals surface area contributed by atoms with Gasteiger partial charge in [-0.1, -0.05) is 0 Å². The van der Waals surface area contributed by atoms with Crippen LogP contribution in [0.25, 0.3) is 0 Å². The van der Waals surface area contributed by atoms with Gasteiger partial charge in [0.2, 0.25) is 17.8 Å².